The molecule has 1 aliphatic heterocycles. The molecule has 0 radical (unpaired) electrons. The van der Waals surface area contributed by atoms with Crippen LogP contribution in [-0.2, 0) is 6.42 Å². The van der Waals surface area contributed by atoms with Gasteiger partial charge < -0.3 is 5.11 Å². The predicted molar refractivity (Wildman–Crippen MR) is 100 cm³/mol. The number of nitrogens with zero attached hydrogens (tertiary/aromatic N) is 2. The Morgan fingerprint density at radius 1 is 1.12 bits per heavy atom. The van der Waals surface area contributed by atoms with Gasteiger partial charge in [0.05, 0.1) is 17.0 Å². The van der Waals surface area contributed by atoms with Crippen molar-refractivity contribution in [3.8, 4) is 5.69 Å². The second-order valence-corrected chi connectivity index (χ2v) is 6.31. The number of carboxylic acids is 1. The fourth-order valence-corrected chi connectivity index (χ4v) is 3.25. The highest BCUT2D eigenvalue weighted by atomic mass is 16.4. The Balaban J connectivity index is 1.69. The first-order valence-electron chi connectivity index (χ1n) is 8.26. The molecule has 0 saturated carbocycles. The van der Waals surface area contributed by atoms with Gasteiger partial charge in [0.2, 0.25) is 0 Å². The Morgan fingerprint density at radius 2 is 1.88 bits per heavy atom. The normalized spacial score (nSPS) is 12.6. The van der Waals surface area contributed by atoms with Gasteiger partial charge in [0.15, 0.2) is 0 Å². The summed E-state index contributed by atoms with van der Waals surface area (Å²) in [5.41, 5.74) is 5.10. The van der Waals surface area contributed by atoms with Crippen LogP contribution in [0.4, 0.5) is 5.69 Å². The van der Waals surface area contributed by atoms with Gasteiger partial charge in [-0.05, 0) is 53.9 Å². The maximum atomic E-state index is 11.9. The first-order chi connectivity index (χ1) is 12.5. The molecule has 2 aromatic carbocycles. The van der Waals surface area contributed by atoms with Crippen molar-refractivity contribution in [3.63, 3.8) is 0 Å². The van der Waals surface area contributed by atoms with E-state index < -0.39 is 5.97 Å². The number of aliphatic imine (C=N–C) groups is 1. The molecule has 0 saturated heterocycles. The van der Waals surface area contributed by atoms with Gasteiger partial charge in [0.1, 0.15) is 0 Å². The Hall–Kier alpha value is -3.47. The molecule has 0 amide bonds. The Labute approximate surface area is 149 Å². The molecule has 5 nitrogen and oxygen atoms in total. The number of benzene rings is 2. The first kappa shape index (κ1) is 16.0. The summed E-state index contributed by atoms with van der Waals surface area (Å²) in [4.78, 5) is 28.1. The number of carbonyl (C=O) groups is 1. The minimum absolute atomic E-state index is 0.0903. The topological polar surface area (TPSA) is 71.7 Å². The molecule has 0 unspecified atom stereocenters. The molecule has 26 heavy (non-hydrogen) atoms. The lowest BCUT2D eigenvalue weighted by Crippen LogP contribution is -2.15. The summed E-state index contributed by atoms with van der Waals surface area (Å²) in [5.74, 6) is -0.930. The fourth-order valence-electron chi connectivity index (χ4n) is 3.25. The summed E-state index contributed by atoms with van der Waals surface area (Å²) in [7, 11) is 0. The molecule has 4 rings (SSSR count). The molecule has 2 heterocycles. The highest BCUT2D eigenvalue weighted by Crippen LogP contribution is 2.33. The van der Waals surface area contributed by atoms with Crippen LogP contribution in [0.2, 0.25) is 0 Å². The van der Waals surface area contributed by atoms with E-state index in [9.17, 15) is 14.7 Å². The number of rotatable bonds is 3. The number of hydrogen-bond acceptors (Lipinski definition) is 3. The number of hydrogen-bond donors (Lipinski definition) is 1. The zero-order chi connectivity index (χ0) is 18.3. The van der Waals surface area contributed by atoms with E-state index in [1.807, 2.05) is 43.3 Å². The third-order valence-electron chi connectivity index (χ3n) is 4.50. The third kappa shape index (κ3) is 2.73. The molecule has 5 heteroatoms. The monoisotopic (exact) mass is 344 g/mol. The van der Waals surface area contributed by atoms with Crippen LogP contribution in [0.3, 0.4) is 0 Å². The summed E-state index contributed by atoms with van der Waals surface area (Å²) in [6.07, 6.45) is 2.21. The maximum Gasteiger partial charge on any atom is 0.336 e. The molecule has 3 aromatic rings. The van der Waals surface area contributed by atoms with E-state index in [0.29, 0.717) is 12.0 Å². The smallest absolute Gasteiger partial charge is 0.336 e. The molecule has 0 atom stereocenters. The summed E-state index contributed by atoms with van der Waals surface area (Å²) in [5, 5.41) is 9.44. The molecular weight excluding hydrogens is 328 g/mol. The first-order valence-corrected chi connectivity index (χ1v) is 8.26. The van der Waals surface area contributed by atoms with Crippen molar-refractivity contribution in [3.05, 3.63) is 93.4 Å². The number of aromatic carboxylic acids is 1. The number of carboxylic acid groups (broad SMARTS) is 1. The predicted octanol–water partition coefficient (Wildman–Crippen LogP) is 3.52. The second-order valence-electron chi connectivity index (χ2n) is 6.31. The molecule has 0 aliphatic carbocycles. The van der Waals surface area contributed by atoms with Crippen LogP contribution in [0.25, 0.3) is 5.69 Å². The second kappa shape index (κ2) is 6.11. The van der Waals surface area contributed by atoms with Crippen molar-refractivity contribution >= 4 is 17.4 Å². The minimum atomic E-state index is -0.930. The number of aryl methyl sites for hydroxylation is 1. The summed E-state index contributed by atoms with van der Waals surface area (Å²) >= 11 is 0. The number of aromatic nitrogens is 1. The van der Waals surface area contributed by atoms with E-state index in [-0.39, 0.29) is 5.56 Å². The largest absolute Gasteiger partial charge is 0.478 e. The summed E-state index contributed by atoms with van der Waals surface area (Å²) in [6, 6.07) is 16.2. The lowest BCUT2D eigenvalue weighted by molar-refractivity contribution is 0.0696. The molecule has 0 spiro atoms. The minimum Gasteiger partial charge on any atom is -0.478 e. The molecule has 1 aliphatic rings. The van der Waals surface area contributed by atoms with Gasteiger partial charge in [0, 0.05) is 24.4 Å². The van der Waals surface area contributed by atoms with Gasteiger partial charge in [-0.15, -0.1) is 0 Å². The van der Waals surface area contributed by atoms with Crippen molar-refractivity contribution in [2.24, 2.45) is 4.99 Å². The van der Waals surface area contributed by atoms with Crippen molar-refractivity contribution in [1.29, 1.82) is 0 Å². The average molecular weight is 344 g/mol. The lowest BCUT2D eigenvalue weighted by atomic mass is 9.98. The van der Waals surface area contributed by atoms with E-state index >= 15 is 0 Å². The van der Waals surface area contributed by atoms with Crippen molar-refractivity contribution in [2.75, 3.05) is 0 Å². The van der Waals surface area contributed by atoms with Gasteiger partial charge in [-0.1, -0.05) is 18.2 Å². The molecule has 0 fully saturated rings. The van der Waals surface area contributed by atoms with Crippen LogP contribution in [-0.4, -0.2) is 21.4 Å². The van der Waals surface area contributed by atoms with Gasteiger partial charge in [-0.3, -0.25) is 14.4 Å². The third-order valence-corrected chi connectivity index (χ3v) is 4.50. The van der Waals surface area contributed by atoms with Crippen LogP contribution >= 0.6 is 0 Å². The van der Waals surface area contributed by atoms with Gasteiger partial charge in [-0.25, -0.2) is 4.79 Å². The molecule has 1 N–H and O–H groups in total. The maximum absolute atomic E-state index is 11.9. The molecular formula is C21H16N2O3. The highest BCUT2D eigenvalue weighted by Gasteiger charge is 2.22. The van der Waals surface area contributed by atoms with Gasteiger partial charge >= 0.3 is 5.97 Å². The number of pyridine rings is 1. The van der Waals surface area contributed by atoms with Crippen molar-refractivity contribution < 1.29 is 9.90 Å². The van der Waals surface area contributed by atoms with E-state index in [2.05, 4.69) is 4.99 Å². The zero-order valence-corrected chi connectivity index (χ0v) is 14.1. The Bertz CT molecular complexity index is 1110. The average Bonchev–Trinajstić information content (AvgIpc) is 3.05. The number of fused-ring (bicyclic) bond motifs is 1. The summed E-state index contributed by atoms with van der Waals surface area (Å²) in [6.45, 7) is 1.87. The van der Waals surface area contributed by atoms with Crippen molar-refractivity contribution in [2.45, 2.75) is 13.3 Å². The van der Waals surface area contributed by atoms with E-state index in [1.54, 1.807) is 22.9 Å². The van der Waals surface area contributed by atoms with E-state index in [1.165, 1.54) is 6.07 Å². The van der Waals surface area contributed by atoms with Crippen LogP contribution < -0.4 is 5.56 Å². The summed E-state index contributed by atoms with van der Waals surface area (Å²) < 4.78 is 1.57. The van der Waals surface area contributed by atoms with E-state index in [4.69, 9.17) is 0 Å². The van der Waals surface area contributed by atoms with Crippen LogP contribution in [0.1, 0.15) is 27.0 Å². The molecule has 1 aromatic heterocycles. The Kier molecular flexibility index (Phi) is 3.77. The fraction of sp³-hybridized carbons (Fsp3) is 0.0952. The standard InChI is InChI=1S/C21H16N2O3/c1-13-10-17(21(25)26)16-12-18(22-19(16)11-13)14-5-7-15(8-6-14)23-9-3-2-4-20(23)24/h2-11H,12H2,1H3,(H,25,26). The SMILES string of the molecule is Cc1cc2c(c(C(=O)O)c1)CC(c1ccc(-n3ccccc3=O)cc1)=N2. The molecule has 0 bridgehead atoms. The van der Waals surface area contributed by atoms with E-state index in [0.717, 1.165) is 33.8 Å². The zero-order valence-electron chi connectivity index (χ0n) is 14.1. The molecule has 128 valence electrons. The van der Waals surface area contributed by atoms with Crippen LogP contribution in [0.5, 0.6) is 0 Å². The highest BCUT2D eigenvalue weighted by molar-refractivity contribution is 6.08. The Morgan fingerprint density at radius 3 is 2.58 bits per heavy atom. The van der Waals surface area contributed by atoms with Crippen LogP contribution in [0, 0.1) is 6.92 Å². The van der Waals surface area contributed by atoms with Gasteiger partial charge in [0.25, 0.3) is 5.56 Å². The van der Waals surface area contributed by atoms with Crippen LogP contribution in [0.15, 0.2) is 70.6 Å². The van der Waals surface area contributed by atoms with Gasteiger partial charge in [-0.2, -0.15) is 0 Å². The van der Waals surface area contributed by atoms with Crippen molar-refractivity contribution in [1.82, 2.24) is 4.57 Å². The lowest BCUT2D eigenvalue weighted by Gasteiger charge is -2.07. The quantitative estimate of drug-likeness (QED) is 0.790.